The molecular weight excluding hydrogens is 496 g/mol. The molecule has 2 rings (SSSR count). The number of aliphatic hydroxyl groups excluding tert-OH is 2. The molecule has 160 valence electrons. The zero-order valence-electron chi connectivity index (χ0n) is 16.9. The molecule has 2 unspecified atom stereocenters. The number of unbranched alkanes of at least 4 members (excludes halogenated alkanes) is 4. The van der Waals surface area contributed by atoms with Gasteiger partial charge in [0.05, 0.1) is 12.2 Å². The van der Waals surface area contributed by atoms with E-state index in [0.29, 0.717) is 0 Å². The maximum absolute atomic E-state index is 10.2. The van der Waals surface area contributed by atoms with E-state index in [-0.39, 0.29) is 12.2 Å². The number of halogens is 2. The maximum atomic E-state index is 10.2. The van der Waals surface area contributed by atoms with Crippen LogP contribution in [0.4, 0.5) is 0 Å². The fourth-order valence-electron chi connectivity index (χ4n) is 3.24. The number of rotatable bonds is 14. The van der Waals surface area contributed by atoms with Crippen LogP contribution in [-0.2, 0) is 4.74 Å². The second kappa shape index (κ2) is 14.3. The predicted octanol–water partition coefficient (Wildman–Crippen LogP) is 7.12. The van der Waals surface area contributed by atoms with Gasteiger partial charge in [0.2, 0.25) is 0 Å². The van der Waals surface area contributed by atoms with Gasteiger partial charge in [0.1, 0.15) is 0 Å². The summed E-state index contributed by atoms with van der Waals surface area (Å²) in [6.45, 7) is 1.58. The molecule has 2 aromatic rings. The predicted molar refractivity (Wildman–Crippen MR) is 126 cm³/mol. The Morgan fingerprint density at radius 3 is 1.34 bits per heavy atom. The minimum absolute atomic E-state index is 0.378. The highest BCUT2D eigenvalue weighted by Gasteiger charge is 2.07. The molecule has 0 saturated heterocycles. The normalized spacial score (nSPS) is 13.4. The monoisotopic (exact) mass is 526 g/mol. The molecule has 2 N–H and O–H groups in total. The van der Waals surface area contributed by atoms with Gasteiger partial charge < -0.3 is 14.9 Å². The second-order valence-corrected chi connectivity index (χ2v) is 9.28. The van der Waals surface area contributed by atoms with Crippen LogP contribution in [0.1, 0.15) is 74.7 Å². The summed E-state index contributed by atoms with van der Waals surface area (Å²) in [6.07, 6.45) is 7.08. The zero-order valence-corrected chi connectivity index (χ0v) is 20.1. The molecule has 0 saturated carbocycles. The van der Waals surface area contributed by atoms with Crippen LogP contribution in [0.2, 0.25) is 0 Å². The molecule has 0 spiro atoms. The van der Waals surface area contributed by atoms with Crippen molar-refractivity contribution in [3.05, 3.63) is 68.6 Å². The summed E-state index contributed by atoms with van der Waals surface area (Å²) < 4.78 is 7.78. The molecule has 2 aromatic carbocycles. The van der Waals surface area contributed by atoms with Crippen LogP contribution in [0.5, 0.6) is 0 Å². The van der Waals surface area contributed by atoms with Gasteiger partial charge in [-0.3, -0.25) is 0 Å². The van der Waals surface area contributed by atoms with Crippen LogP contribution in [-0.4, -0.2) is 23.4 Å². The van der Waals surface area contributed by atoms with Crippen molar-refractivity contribution in [3.63, 3.8) is 0 Å². The molecule has 0 aromatic heterocycles. The van der Waals surface area contributed by atoms with Crippen molar-refractivity contribution in [2.45, 2.75) is 63.6 Å². The van der Waals surface area contributed by atoms with Crippen LogP contribution in [0, 0.1) is 0 Å². The number of hydrogen-bond donors (Lipinski definition) is 2. The largest absolute Gasteiger partial charge is 0.388 e. The Balaban J connectivity index is 1.40. The summed E-state index contributed by atoms with van der Waals surface area (Å²) in [7, 11) is 0. The minimum Gasteiger partial charge on any atom is -0.388 e. The first-order valence-corrected chi connectivity index (χ1v) is 12.1. The Morgan fingerprint density at radius 1 is 0.586 bits per heavy atom. The first-order valence-electron chi connectivity index (χ1n) is 10.5. The summed E-state index contributed by atoms with van der Waals surface area (Å²) >= 11 is 6.82. The van der Waals surface area contributed by atoms with Gasteiger partial charge in [-0.05, 0) is 61.1 Å². The van der Waals surface area contributed by atoms with Gasteiger partial charge in [0, 0.05) is 22.2 Å². The van der Waals surface area contributed by atoms with Crippen molar-refractivity contribution >= 4 is 31.9 Å². The molecule has 5 heteroatoms. The molecule has 3 nitrogen and oxygen atoms in total. The highest BCUT2D eigenvalue weighted by atomic mass is 79.9. The van der Waals surface area contributed by atoms with E-state index >= 15 is 0 Å². The first kappa shape index (κ1) is 24.5. The van der Waals surface area contributed by atoms with Gasteiger partial charge in [-0.15, -0.1) is 0 Å². The standard InChI is InChI=1S/C24H32Br2O3/c25-21-13-9-19(10-14-21)23(27)7-3-1-5-17-29-18-6-2-4-8-24(28)20-11-15-22(26)16-12-20/h9-16,23-24,27-28H,1-8,17-18H2. The lowest BCUT2D eigenvalue weighted by Gasteiger charge is -2.11. The lowest BCUT2D eigenvalue weighted by molar-refractivity contribution is 0.120. The summed E-state index contributed by atoms with van der Waals surface area (Å²) in [6, 6.07) is 15.7. The molecule has 0 heterocycles. The van der Waals surface area contributed by atoms with Crippen LogP contribution in [0.25, 0.3) is 0 Å². The first-order chi connectivity index (χ1) is 14.1. The van der Waals surface area contributed by atoms with Crippen LogP contribution < -0.4 is 0 Å². The molecule has 2 atom stereocenters. The number of benzene rings is 2. The highest BCUT2D eigenvalue weighted by Crippen LogP contribution is 2.22. The highest BCUT2D eigenvalue weighted by molar-refractivity contribution is 9.10. The van der Waals surface area contributed by atoms with Crippen molar-refractivity contribution in [2.24, 2.45) is 0 Å². The fourth-order valence-corrected chi connectivity index (χ4v) is 3.77. The van der Waals surface area contributed by atoms with Gasteiger partial charge in [0.25, 0.3) is 0 Å². The molecule has 0 fully saturated rings. The maximum Gasteiger partial charge on any atom is 0.0790 e. The number of aliphatic hydroxyl groups is 2. The van der Waals surface area contributed by atoms with E-state index in [0.717, 1.165) is 84.7 Å². The topological polar surface area (TPSA) is 49.7 Å². The number of hydrogen-bond acceptors (Lipinski definition) is 3. The van der Waals surface area contributed by atoms with Crippen LogP contribution in [0.15, 0.2) is 57.5 Å². The van der Waals surface area contributed by atoms with Gasteiger partial charge in [-0.25, -0.2) is 0 Å². The minimum atomic E-state index is -0.378. The molecule has 0 bridgehead atoms. The van der Waals surface area contributed by atoms with Crippen molar-refractivity contribution in [2.75, 3.05) is 13.2 Å². The smallest absolute Gasteiger partial charge is 0.0790 e. The summed E-state index contributed by atoms with van der Waals surface area (Å²) in [4.78, 5) is 0. The number of ether oxygens (including phenoxy) is 1. The Morgan fingerprint density at radius 2 is 0.966 bits per heavy atom. The Hall–Kier alpha value is -0.720. The Kier molecular flexibility index (Phi) is 12.1. The molecule has 0 aliphatic rings. The van der Waals surface area contributed by atoms with E-state index in [1.54, 1.807) is 0 Å². The van der Waals surface area contributed by atoms with E-state index < -0.39 is 0 Å². The summed E-state index contributed by atoms with van der Waals surface area (Å²) in [5.74, 6) is 0. The van der Waals surface area contributed by atoms with E-state index in [2.05, 4.69) is 31.9 Å². The lowest BCUT2D eigenvalue weighted by Crippen LogP contribution is -2.00. The molecule has 0 aliphatic heterocycles. The van der Waals surface area contributed by atoms with E-state index in [1.807, 2.05) is 48.5 Å². The summed E-state index contributed by atoms with van der Waals surface area (Å²) in [5, 5.41) is 20.4. The third-order valence-electron chi connectivity index (χ3n) is 5.04. The van der Waals surface area contributed by atoms with Crippen LogP contribution >= 0.6 is 31.9 Å². The third kappa shape index (κ3) is 10.2. The molecule has 0 aliphatic carbocycles. The molecular formula is C24H32Br2O3. The lowest BCUT2D eigenvalue weighted by atomic mass is 10.0. The average molecular weight is 528 g/mol. The quantitative estimate of drug-likeness (QED) is 0.257. The molecule has 0 amide bonds. The van der Waals surface area contributed by atoms with Gasteiger partial charge in [-0.1, -0.05) is 81.8 Å². The summed E-state index contributed by atoms with van der Waals surface area (Å²) in [5.41, 5.74) is 1.96. The SMILES string of the molecule is OC(CCCCCOCCCCCC(O)c1ccc(Br)cc1)c1ccc(Br)cc1. The van der Waals surface area contributed by atoms with Gasteiger partial charge in [0.15, 0.2) is 0 Å². The second-order valence-electron chi connectivity index (χ2n) is 7.45. The third-order valence-corrected chi connectivity index (χ3v) is 6.10. The van der Waals surface area contributed by atoms with Crippen molar-refractivity contribution < 1.29 is 14.9 Å². The van der Waals surface area contributed by atoms with Crippen molar-refractivity contribution in [1.82, 2.24) is 0 Å². The average Bonchev–Trinajstić information content (AvgIpc) is 2.72. The van der Waals surface area contributed by atoms with Crippen LogP contribution in [0.3, 0.4) is 0 Å². The Bertz CT molecular complexity index is 614. The van der Waals surface area contributed by atoms with Crippen molar-refractivity contribution in [1.29, 1.82) is 0 Å². The zero-order chi connectivity index (χ0) is 20.9. The van der Waals surface area contributed by atoms with Crippen molar-refractivity contribution in [3.8, 4) is 0 Å². The van der Waals surface area contributed by atoms with E-state index in [4.69, 9.17) is 4.74 Å². The van der Waals surface area contributed by atoms with E-state index in [1.165, 1.54) is 0 Å². The van der Waals surface area contributed by atoms with Gasteiger partial charge in [-0.2, -0.15) is 0 Å². The molecule has 0 radical (unpaired) electrons. The molecule has 29 heavy (non-hydrogen) atoms. The van der Waals surface area contributed by atoms with E-state index in [9.17, 15) is 10.2 Å². The Labute approximate surface area is 191 Å². The van der Waals surface area contributed by atoms with Gasteiger partial charge >= 0.3 is 0 Å². The fraction of sp³-hybridized carbons (Fsp3) is 0.500.